The molecule has 7 heteroatoms. The first-order chi connectivity index (χ1) is 12.4. The van der Waals surface area contributed by atoms with Gasteiger partial charge in [0.15, 0.2) is 16.7 Å². The van der Waals surface area contributed by atoms with E-state index in [0.717, 1.165) is 22.1 Å². The second-order valence-electron chi connectivity index (χ2n) is 6.07. The highest BCUT2D eigenvalue weighted by Crippen LogP contribution is 2.17. The molecule has 1 N–H and O–H groups in total. The molecular weight excluding hydrogens is 353 g/mol. The highest BCUT2D eigenvalue weighted by molar-refractivity contribution is 7.98. The number of benzene rings is 1. The summed E-state index contributed by atoms with van der Waals surface area (Å²) in [5.41, 5.74) is 2.82. The Morgan fingerprint density at radius 1 is 1.27 bits per heavy atom. The maximum atomic E-state index is 13.5. The first-order valence-corrected chi connectivity index (χ1v) is 9.68. The largest absolute Gasteiger partial charge is 0.488 e. The summed E-state index contributed by atoms with van der Waals surface area (Å²) < 4.78 is 18.9. The fourth-order valence-electron chi connectivity index (χ4n) is 2.57. The lowest BCUT2D eigenvalue weighted by molar-refractivity contribution is -0.121. The molecular formula is C19H24FN3O2S. The Morgan fingerprint density at radius 2 is 1.92 bits per heavy atom. The minimum atomic E-state index is -0.411. The Kier molecular flexibility index (Phi) is 7.38. The summed E-state index contributed by atoms with van der Waals surface area (Å²) in [5.74, 6) is -0.307. The quantitative estimate of drug-likeness (QED) is 0.564. The summed E-state index contributed by atoms with van der Waals surface area (Å²) in [6.45, 7) is 5.90. The number of carbonyl (C=O) groups is 1. The summed E-state index contributed by atoms with van der Waals surface area (Å²) in [6, 6.07) is 5.99. The lowest BCUT2D eigenvalue weighted by Gasteiger charge is -2.16. The number of aromatic nitrogens is 2. The topological polar surface area (TPSA) is 64.1 Å². The van der Waals surface area contributed by atoms with Crippen molar-refractivity contribution in [3.8, 4) is 5.75 Å². The second kappa shape index (κ2) is 9.52. The highest BCUT2D eigenvalue weighted by Gasteiger charge is 2.13. The third-order valence-corrected chi connectivity index (χ3v) is 4.47. The van der Waals surface area contributed by atoms with Gasteiger partial charge in [-0.2, -0.15) is 0 Å². The third kappa shape index (κ3) is 5.69. The normalized spacial score (nSPS) is 11.9. The number of aryl methyl sites for hydroxylation is 2. The lowest BCUT2D eigenvalue weighted by Crippen LogP contribution is -2.37. The molecule has 0 fully saturated rings. The van der Waals surface area contributed by atoms with Crippen LogP contribution in [0, 0.1) is 19.7 Å². The molecule has 0 bridgehead atoms. The molecule has 5 nitrogen and oxygen atoms in total. The van der Waals surface area contributed by atoms with Crippen LogP contribution >= 0.6 is 11.8 Å². The molecule has 0 saturated carbocycles. The molecule has 0 aliphatic heterocycles. The number of amides is 1. The van der Waals surface area contributed by atoms with Gasteiger partial charge in [0.2, 0.25) is 5.91 Å². The van der Waals surface area contributed by atoms with Gasteiger partial charge in [0, 0.05) is 17.8 Å². The van der Waals surface area contributed by atoms with E-state index in [9.17, 15) is 9.18 Å². The van der Waals surface area contributed by atoms with Crippen molar-refractivity contribution in [2.75, 3.05) is 12.9 Å². The van der Waals surface area contributed by atoms with E-state index in [1.807, 2.05) is 27.0 Å². The standard InChI is InChI=1S/C19H24FN3O2S/c1-12(11-25-17-8-6-5-7-16(17)20)21-18(24)10-9-15-13(2)22-19(26-4)23-14(15)3/h5-8,12H,9-11H2,1-4H3,(H,21,24). The Morgan fingerprint density at radius 3 is 2.54 bits per heavy atom. The van der Waals surface area contributed by atoms with Gasteiger partial charge in [0.25, 0.3) is 0 Å². The molecule has 1 unspecified atom stereocenters. The molecule has 0 saturated heterocycles. The second-order valence-corrected chi connectivity index (χ2v) is 6.84. The van der Waals surface area contributed by atoms with Crippen LogP contribution in [-0.4, -0.2) is 34.8 Å². The molecule has 1 heterocycles. The third-order valence-electron chi connectivity index (χ3n) is 3.92. The van der Waals surface area contributed by atoms with Crippen molar-refractivity contribution in [1.29, 1.82) is 0 Å². The van der Waals surface area contributed by atoms with Gasteiger partial charge in [0.05, 0.1) is 6.04 Å². The Balaban J connectivity index is 1.82. The molecule has 1 amide bonds. The minimum Gasteiger partial charge on any atom is -0.488 e. The summed E-state index contributed by atoms with van der Waals surface area (Å²) in [6.07, 6.45) is 2.86. The predicted octanol–water partition coefficient (Wildman–Crippen LogP) is 3.47. The lowest BCUT2D eigenvalue weighted by atomic mass is 10.1. The van der Waals surface area contributed by atoms with Crippen molar-refractivity contribution in [1.82, 2.24) is 15.3 Å². The Hall–Kier alpha value is -2.15. The van der Waals surface area contributed by atoms with E-state index in [-0.39, 0.29) is 24.3 Å². The van der Waals surface area contributed by atoms with Gasteiger partial charge in [0.1, 0.15) is 6.61 Å². The number of halogens is 1. The van der Waals surface area contributed by atoms with E-state index in [4.69, 9.17) is 4.74 Å². The molecule has 26 heavy (non-hydrogen) atoms. The summed E-state index contributed by atoms with van der Waals surface area (Å²) in [5, 5.41) is 3.61. The summed E-state index contributed by atoms with van der Waals surface area (Å²) >= 11 is 1.50. The first kappa shape index (κ1) is 20.2. The zero-order valence-electron chi connectivity index (χ0n) is 15.5. The molecule has 0 spiro atoms. The van der Waals surface area contributed by atoms with E-state index >= 15 is 0 Å². The van der Waals surface area contributed by atoms with Crippen molar-refractivity contribution in [3.05, 3.63) is 47.0 Å². The van der Waals surface area contributed by atoms with Crippen LogP contribution in [0.3, 0.4) is 0 Å². The van der Waals surface area contributed by atoms with Crippen LogP contribution in [-0.2, 0) is 11.2 Å². The highest BCUT2D eigenvalue weighted by atomic mass is 32.2. The van der Waals surface area contributed by atoms with Crippen molar-refractivity contribution < 1.29 is 13.9 Å². The van der Waals surface area contributed by atoms with E-state index in [2.05, 4.69) is 15.3 Å². The van der Waals surface area contributed by atoms with E-state index < -0.39 is 5.82 Å². The summed E-state index contributed by atoms with van der Waals surface area (Å²) in [7, 11) is 0. The number of nitrogens with one attached hydrogen (secondary N) is 1. The number of hydrogen-bond donors (Lipinski definition) is 1. The smallest absolute Gasteiger partial charge is 0.220 e. The van der Waals surface area contributed by atoms with Gasteiger partial charge in [-0.05, 0) is 51.1 Å². The van der Waals surface area contributed by atoms with Gasteiger partial charge < -0.3 is 10.1 Å². The molecule has 140 valence electrons. The van der Waals surface area contributed by atoms with Crippen LogP contribution in [0.2, 0.25) is 0 Å². The van der Waals surface area contributed by atoms with Crippen molar-refractivity contribution >= 4 is 17.7 Å². The van der Waals surface area contributed by atoms with Crippen LogP contribution in [0.5, 0.6) is 5.75 Å². The number of para-hydroxylation sites is 1. The van der Waals surface area contributed by atoms with E-state index in [0.29, 0.717) is 12.8 Å². The van der Waals surface area contributed by atoms with Gasteiger partial charge in [-0.3, -0.25) is 4.79 Å². The van der Waals surface area contributed by atoms with E-state index in [1.54, 1.807) is 18.2 Å². The van der Waals surface area contributed by atoms with Crippen molar-refractivity contribution in [2.45, 2.75) is 44.8 Å². The monoisotopic (exact) mass is 377 g/mol. The van der Waals surface area contributed by atoms with E-state index in [1.165, 1.54) is 17.8 Å². The molecule has 2 rings (SSSR count). The number of nitrogens with zero attached hydrogens (tertiary/aromatic N) is 2. The Bertz CT molecular complexity index is 747. The molecule has 0 aliphatic rings. The average Bonchev–Trinajstić information content (AvgIpc) is 2.60. The molecule has 0 radical (unpaired) electrons. The minimum absolute atomic E-state index is 0.0811. The van der Waals surface area contributed by atoms with Crippen LogP contribution < -0.4 is 10.1 Å². The maximum absolute atomic E-state index is 13.5. The fourth-order valence-corrected chi connectivity index (χ4v) is 3.02. The van der Waals surface area contributed by atoms with Gasteiger partial charge in [-0.15, -0.1) is 0 Å². The SMILES string of the molecule is CSc1nc(C)c(CCC(=O)NC(C)COc2ccccc2F)c(C)n1. The number of hydrogen-bond acceptors (Lipinski definition) is 5. The number of carbonyl (C=O) groups excluding carboxylic acids is 1. The average molecular weight is 377 g/mol. The zero-order chi connectivity index (χ0) is 19.1. The predicted molar refractivity (Wildman–Crippen MR) is 101 cm³/mol. The maximum Gasteiger partial charge on any atom is 0.220 e. The van der Waals surface area contributed by atoms with Crippen molar-refractivity contribution in [3.63, 3.8) is 0 Å². The number of rotatable bonds is 8. The van der Waals surface area contributed by atoms with Crippen LogP contribution in [0.25, 0.3) is 0 Å². The van der Waals surface area contributed by atoms with Crippen LogP contribution in [0.15, 0.2) is 29.4 Å². The fraction of sp³-hybridized carbons (Fsp3) is 0.421. The van der Waals surface area contributed by atoms with Crippen LogP contribution in [0.1, 0.15) is 30.3 Å². The first-order valence-electron chi connectivity index (χ1n) is 8.45. The molecule has 1 atom stereocenters. The zero-order valence-corrected chi connectivity index (χ0v) is 16.3. The molecule has 1 aromatic carbocycles. The number of thioether (sulfide) groups is 1. The molecule has 0 aliphatic carbocycles. The van der Waals surface area contributed by atoms with Gasteiger partial charge >= 0.3 is 0 Å². The van der Waals surface area contributed by atoms with Gasteiger partial charge in [-0.25, -0.2) is 14.4 Å². The van der Waals surface area contributed by atoms with Gasteiger partial charge in [-0.1, -0.05) is 23.9 Å². The Labute approximate surface area is 157 Å². The van der Waals surface area contributed by atoms with Crippen molar-refractivity contribution in [2.24, 2.45) is 0 Å². The molecule has 1 aromatic heterocycles. The molecule has 2 aromatic rings. The van der Waals surface area contributed by atoms with Crippen LogP contribution in [0.4, 0.5) is 4.39 Å². The number of ether oxygens (including phenoxy) is 1. The summed E-state index contributed by atoms with van der Waals surface area (Å²) in [4.78, 5) is 21.0.